The van der Waals surface area contributed by atoms with Crippen LogP contribution in [-0.4, -0.2) is 11.1 Å². The molecule has 3 heteroatoms. The standard InChI is InChI=1S/C13H20O2S/c1-12(2,3)8-7-16-10(13(4,5)6)9(8)11(14)15/h7H,1-6H3,(H,14,15). The third-order valence-electron chi connectivity index (χ3n) is 2.49. The summed E-state index contributed by atoms with van der Waals surface area (Å²) in [6.07, 6.45) is 0. The zero-order valence-electron chi connectivity index (χ0n) is 10.8. The molecule has 0 atom stereocenters. The third-order valence-corrected chi connectivity index (χ3v) is 3.90. The Morgan fingerprint density at radius 1 is 1.12 bits per heavy atom. The molecule has 0 spiro atoms. The fourth-order valence-electron chi connectivity index (χ4n) is 1.67. The van der Waals surface area contributed by atoms with Gasteiger partial charge in [0.15, 0.2) is 0 Å². The Morgan fingerprint density at radius 2 is 1.62 bits per heavy atom. The molecule has 1 rings (SSSR count). The maximum atomic E-state index is 11.4. The van der Waals surface area contributed by atoms with E-state index in [2.05, 4.69) is 20.8 Å². The maximum absolute atomic E-state index is 11.4. The van der Waals surface area contributed by atoms with Crippen LogP contribution in [0.25, 0.3) is 0 Å². The first-order valence-electron chi connectivity index (χ1n) is 5.41. The second kappa shape index (κ2) is 3.88. The Hall–Kier alpha value is -0.830. The molecule has 1 N–H and O–H groups in total. The summed E-state index contributed by atoms with van der Waals surface area (Å²) in [6.45, 7) is 12.3. The highest BCUT2D eigenvalue weighted by molar-refractivity contribution is 7.10. The van der Waals surface area contributed by atoms with Gasteiger partial charge in [0, 0.05) is 4.88 Å². The van der Waals surface area contributed by atoms with Crippen molar-refractivity contribution < 1.29 is 9.90 Å². The molecule has 0 radical (unpaired) electrons. The number of hydrogen-bond acceptors (Lipinski definition) is 2. The van der Waals surface area contributed by atoms with Gasteiger partial charge in [-0.3, -0.25) is 0 Å². The zero-order chi connectivity index (χ0) is 12.7. The molecule has 0 unspecified atom stereocenters. The molecule has 0 saturated heterocycles. The van der Waals surface area contributed by atoms with E-state index in [9.17, 15) is 9.90 Å². The lowest BCUT2D eigenvalue weighted by molar-refractivity contribution is 0.0692. The Balaban J connectivity index is 3.47. The number of hydrogen-bond donors (Lipinski definition) is 1. The van der Waals surface area contributed by atoms with Crippen LogP contribution in [0.3, 0.4) is 0 Å². The van der Waals surface area contributed by atoms with E-state index in [1.165, 1.54) is 0 Å². The molecule has 0 aromatic carbocycles. The molecule has 1 heterocycles. The van der Waals surface area contributed by atoms with E-state index in [0.717, 1.165) is 10.4 Å². The van der Waals surface area contributed by atoms with E-state index in [1.54, 1.807) is 11.3 Å². The second-order valence-electron chi connectivity index (χ2n) is 6.16. The molecule has 0 bridgehead atoms. The summed E-state index contributed by atoms with van der Waals surface area (Å²) in [6, 6.07) is 0. The van der Waals surface area contributed by atoms with Crippen molar-refractivity contribution in [2.75, 3.05) is 0 Å². The molecule has 0 fully saturated rings. The van der Waals surface area contributed by atoms with Crippen LogP contribution in [0.15, 0.2) is 5.38 Å². The van der Waals surface area contributed by atoms with E-state index < -0.39 is 5.97 Å². The molecule has 0 aliphatic rings. The highest BCUT2D eigenvalue weighted by Gasteiger charge is 2.30. The van der Waals surface area contributed by atoms with Gasteiger partial charge in [0.25, 0.3) is 0 Å². The van der Waals surface area contributed by atoms with Crippen LogP contribution in [0.4, 0.5) is 0 Å². The molecule has 2 nitrogen and oxygen atoms in total. The highest BCUT2D eigenvalue weighted by Crippen LogP contribution is 2.38. The topological polar surface area (TPSA) is 37.3 Å². The van der Waals surface area contributed by atoms with E-state index in [-0.39, 0.29) is 10.8 Å². The van der Waals surface area contributed by atoms with Gasteiger partial charge in [-0.05, 0) is 21.8 Å². The van der Waals surface area contributed by atoms with Crippen molar-refractivity contribution in [2.24, 2.45) is 0 Å². The Morgan fingerprint density at radius 3 is 1.94 bits per heavy atom. The molecule has 16 heavy (non-hydrogen) atoms. The van der Waals surface area contributed by atoms with Crippen LogP contribution in [0, 0.1) is 0 Å². The smallest absolute Gasteiger partial charge is 0.337 e. The van der Waals surface area contributed by atoms with Crippen LogP contribution in [-0.2, 0) is 10.8 Å². The van der Waals surface area contributed by atoms with Gasteiger partial charge in [-0.25, -0.2) is 4.79 Å². The first-order valence-corrected chi connectivity index (χ1v) is 6.29. The van der Waals surface area contributed by atoms with E-state index in [1.807, 2.05) is 26.2 Å². The maximum Gasteiger partial charge on any atom is 0.337 e. The summed E-state index contributed by atoms with van der Waals surface area (Å²) in [5.41, 5.74) is 1.22. The summed E-state index contributed by atoms with van der Waals surface area (Å²) in [4.78, 5) is 12.4. The number of carboxylic acid groups (broad SMARTS) is 1. The summed E-state index contributed by atoms with van der Waals surface area (Å²) >= 11 is 1.56. The Kier molecular flexibility index (Phi) is 3.21. The predicted molar refractivity (Wildman–Crippen MR) is 68.7 cm³/mol. The molecule has 1 aromatic rings. The van der Waals surface area contributed by atoms with Gasteiger partial charge >= 0.3 is 5.97 Å². The number of rotatable bonds is 1. The quantitative estimate of drug-likeness (QED) is 0.804. The first kappa shape index (κ1) is 13.2. The average Bonchev–Trinajstić information content (AvgIpc) is 2.43. The van der Waals surface area contributed by atoms with Gasteiger partial charge in [0.05, 0.1) is 5.56 Å². The van der Waals surface area contributed by atoms with Gasteiger partial charge in [0.2, 0.25) is 0 Å². The van der Waals surface area contributed by atoms with Gasteiger partial charge in [-0.1, -0.05) is 41.5 Å². The second-order valence-corrected chi connectivity index (χ2v) is 7.04. The van der Waals surface area contributed by atoms with Crippen LogP contribution in [0.2, 0.25) is 0 Å². The van der Waals surface area contributed by atoms with Crippen molar-refractivity contribution in [1.82, 2.24) is 0 Å². The number of aromatic carboxylic acids is 1. The molecule has 1 aromatic heterocycles. The van der Waals surface area contributed by atoms with Gasteiger partial charge in [-0.15, -0.1) is 11.3 Å². The molecule has 90 valence electrons. The largest absolute Gasteiger partial charge is 0.478 e. The van der Waals surface area contributed by atoms with Crippen molar-refractivity contribution in [3.8, 4) is 0 Å². The minimum absolute atomic E-state index is 0.109. The normalized spacial score (nSPS) is 12.9. The minimum atomic E-state index is -0.809. The molecule has 0 amide bonds. The molecular weight excluding hydrogens is 220 g/mol. The van der Waals surface area contributed by atoms with E-state index in [4.69, 9.17) is 0 Å². The number of thiophene rings is 1. The fraction of sp³-hybridized carbons (Fsp3) is 0.615. The predicted octanol–water partition coefficient (Wildman–Crippen LogP) is 4.04. The van der Waals surface area contributed by atoms with Gasteiger partial charge in [0.1, 0.15) is 0 Å². The van der Waals surface area contributed by atoms with Crippen molar-refractivity contribution >= 4 is 17.3 Å². The Bertz CT molecular complexity index is 371. The lowest BCUT2D eigenvalue weighted by Gasteiger charge is -2.22. The summed E-state index contributed by atoms with van der Waals surface area (Å²) in [5, 5.41) is 11.4. The van der Waals surface area contributed by atoms with Crippen LogP contribution < -0.4 is 0 Å². The first-order chi connectivity index (χ1) is 7.05. The minimum Gasteiger partial charge on any atom is -0.478 e. The van der Waals surface area contributed by atoms with Crippen LogP contribution >= 0.6 is 11.3 Å². The number of carboxylic acids is 1. The average molecular weight is 240 g/mol. The van der Waals surface area contributed by atoms with Crippen molar-refractivity contribution in [1.29, 1.82) is 0 Å². The molecule has 0 aliphatic carbocycles. The molecular formula is C13H20O2S. The lowest BCUT2D eigenvalue weighted by atomic mass is 9.82. The fourth-order valence-corrected chi connectivity index (χ4v) is 3.05. The lowest BCUT2D eigenvalue weighted by Crippen LogP contribution is -2.19. The monoisotopic (exact) mass is 240 g/mol. The zero-order valence-corrected chi connectivity index (χ0v) is 11.7. The highest BCUT2D eigenvalue weighted by atomic mass is 32.1. The number of carbonyl (C=O) groups is 1. The van der Waals surface area contributed by atoms with Crippen molar-refractivity contribution in [3.63, 3.8) is 0 Å². The van der Waals surface area contributed by atoms with Crippen molar-refractivity contribution in [2.45, 2.75) is 52.4 Å². The van der Waals surface area contributed by atoms with Gasteiger partial charge < -0.3 is 5.11 Å². The summed E-state index contributed by atoms with van der Waals surface area (Å²) < 4.78 is 0. The summed E-state index contributed by atoms with van der Waals surface area (Å²) in [7, 11) is 0. The van der Waals surface area contributed by atoms with E-state index >= 15 is 0 Å². The molecule has 0 aliphatic heterocycles. The molecule has 0 saturated carbocycles. The van der Waals surface area contributed by atoms with E-state index in [0.29, 0.717) is 5.56 Å². The van der Waals surface area contributed by atoms with Crippen molar-refractivity contribution in [3.05, 3.63) is 21.4 Å². The summed E-state index contributed by atoms with van der Waals surface area (Å²) in [5.74, 6) is -0.809. The Labute approximate surface area is 101 Å². The van der Waals surface area contributed by atoms with Gasteiger partial charge in [-0.2, -0.15) is 0 Å². The van der Waals surface area contributed by atoms with Crippen LogP contribution in [0.1, 0.15) is 62.3 Å². The third kappa shape index (κ3) is 2.46. The van der Waals surface area contributed by atoms with Crippen LogP contribution in [0.5, 0.6) is 0 Å². The SMILES string of the molecule is CC(C)(C)c1csc(C(C)(C)C)c1C(=O)O.